The Labute approximate surface area is 203 Å². The van der Waals surface area contributed by atoms with Crippen LogP contribution in [0.25, 0.3) is 11.8 Å². The minimum Gasteiger partial charge on any atom is -0.497 e. The quantitative estimate of drug-likeness (QED) is 0.416. The number of hydrogen-bond donors (Lipinski definition) is 0. The molecule has 0 saturated carbocycles. The number of methoxy groups -OCH3 is 1. The molecule has 0 bridgehead atoms. The van der Waals surface area contributed by atoms with Gasteiger partial charge in [0.1, 0.15) is 17.4 Å². The number of hydrogen-bond acceptors (Lipinski definition) is 6. The summed E-state index contributed by atoms with van der Waals surface area (Å²) >= 11 is 0. The monoisotopic (exact) mass is 473 g/mol. The van der Waals surface area contributed by atoms with Crippen LogP contribution >= 0.6 is 0 Å². The maximum Gasteiger partial charge on any atom is 0.292 e. The van der Waals surface area contributed by atoms with E-state index in [9.17, 15) is 14.9 Å². The minimum absolute atomic E-state index is 0.0608. The van der Waals surface area contributed by atoms with Gasteiger partial charge in [0.2, 0.25) is 5.76 Å². The molecule has 180 valence electrons. The summed E-state index contributed by atoms with van der Waals surface area (Å²) in [5, 5.41) is 13.5. The predicted octanol–water partition coefficient (Wildman–Crippen LogP) is 3.29. The molecule has 3 heterocycles. The van der Waals surface area contributed by atoms with Crippen molar-refractivity contribution in [2.45, 2.75) is 20.8 Å². The van der Waals surface area contributed by atoms with E-state index in [1.807, 2.05) is 44.2 Å². The maximum atomic E-state index is 13.1. The molecule has 4 rings (SSSR count). The summed E-state index contributed by atoms with van der Waals surface area (Å²) in [5.41, 5.74) is 4.37. The van der Waals surface area contributed by atoms with Crippen LogP contribution in [0.5, 0.6) is 5.75 Å². The number of rotatable bonds is 5. The lowest BCUT2D eigenvalue weighted by molar-refractivity contribution is -0.128. The van der Waals surface area contributed by atoms with Gasteiger partial charge in [-0.2, -0.15) is 5.26 Å². The molecule has 0 atom stereocenters. The number of nitriles is 1. The highest BCUT2D eigenvalue weighted by molar-refractivity contribution is 6.02. The number of carbonyl (C=O) groups excluding carboxylic acids is 2. The van der Waals surface area contributed by atoms with Gasteiger partial charge in [0, 0.05) is 49.3 Å². The van der Waals surface area contributed by atoms with E-state index in [1.54, 1.807) is 36.0 Å². The molecular formula is C26H27N5O4. The van der Waals surface area contributed by atoms with Crippen LogP contribution < -0.4 is 4.74 Å². The summed E-state index contributed by atoms with van der Waals surface area (Å²) in [6, 6.07) is 13.3. The lowest BCUT2D eigenvalue weighted by Gasteiger charge is -2.34. The Balaban J connectivity index is 1.49. The number of amides is 2. The summed E-state index contributed by atoms with van der Waals surface area (Å²) in [7, 11) is 1.62. The third-order valence-corrected chi connectivity index (χ3v) is 6.14. The molecule has 1 aromatic carbocycles. The summed E-state index contributed by atoms with van der Waals surface area (Å²) in [6.07, 6.45) is 1.64. The highest BCUT2D eigenvalue weighted by atomic mass is 16.5. The van der Waals surface area contributed by atoms with Crippen LogP contribution in [0.4, 0.5) is 0 Å². The van der Waals surface area contributed by atoms with Crippen molar-refractivity contribution in [3.05, 3.63) is 70.4 Å². The zero-order chi connectivity index (χ0) is 25.1. The Morgan fingerprint density at radius 3 is 2.29 bits per heavy atom. The Morgan fingerprint density at radius 2 is 1.71 bits per heavy atom. The Hall–Kier alpha value is -4.32. The van der Waals surface area contributed by atoms with Crippen molar-refractivity contribution in [2.24, 2.45) is 0 Å². The van der Waals surface area contributed by atoms with Gasteiger partial charge in [-0.05, 0) is 62.7 Å². The fourth-order valence-corrected chi connectivity index (χ4v) is 4.26. The third kappa shape index (κ3) is 4.82. The second-order valence-electron chi connectivity index (χ2n) is 8.45. The molecule has 9 heteroatoms. The van der Waals surface area contributed by atoms with E-state index in [2.05, 4.69) is 15.8 Å². The molecule has 1 aliphatic rings. The van der Waals surface area contributed by atoms with Gasteiger partial charge < -0.3 is 23.6 Å². The lowest BCUT2D eigenvalue weighted by Crippen LogP contribution is -2.50. The van der Waals surface area contributed by atoms with Crippen LogP contribution in [0.15, 0.2) is 46.5 Å². The van der Waals surface area contributed by atoms with Crippen LogP contribution in [-0.4, -0.2) is 64.6 Å². The molecule has 1 saturated heterocycles. The second kappa shape index (κ2) is 9.89. The van der Waals surface area contributed by atoms with Crippen LogP contribution in [0.2, 0.25) is 0 Å². The van der Waals surface area contributed by atoms with Crippen LogP contribution in [0, 0.1) is 32.1 Å². The summed E-state index contributed by atoms with van der Waals surface area (Å²) < 4.78 is 12.4. The van der Waals surface area contributed by atoms with Crippen LogP contribution in [0.1, 0.15) is 33.2 Å². The molecule has 0 N–H and O–H groups in total. The number of benzene rings is 1. The van der Waals surface area contributed by atoms with Gasteiger partial charge in [0.25, 0.3) is 11.8 Å². The first-order valence-electron chi connectivity index (χ1n) is 11.3. The molecule has 1 aliphatic heterocycles. The molecular weight excluding hydrogens is 446 g/mol. The SMILES string of the molecule is COc1ccc(-n2c(C)cc(/C=C(/C#N)C(=O)N3CCN(C(=O)c4cc(C)no4)CC3)c2C)cc1. The van der Waals surface area contributed by atoms with Crippen molar-refractivity contribution in [3.8, 4) is 17.5 Å². The first kappa shape index (κ1) is 23.8. The van der Waals surface area contributed by atoms with E-state index in [4.69, 9.17) is 9.26 Å². The summed E-state index contributed by atoms with van der Waals surface area (Å²) in [4.78, 5) is 28.9. The zero-order valence-electron chi connectivity index (χ0n) is 20.2. The fraction of sp³-hybridized carbons (Fsp3) is 0.308. The highest BCUT2D eigenvalue weighted by Gasteiger charge is 2.28. The average molecular weight is 474 g/mol. The molecule has 1 fully saturated rings. The van der Waals surface area contributed by atoms with Gasteiger partial charge in [-0.3, -0.25) is 9.59 Å². The fourth-order valence-electron chi connectivity index (χ4n) is 4.26. The standard InChI is InChI=1S/C26H27N5O4/c1-17-13-24(35-28-17)26(33)30-11-9-29(10-12-30)25(32)21(16-27)15-20-14-18(2)31(19(20)3)22-5-7-23(34-4)8-6-22/h5-8,13-15H,9-12H2,1-4H3/b21-15-. The summed E-state index contributed by atoms with van der Waals surface area (Å²) in [6.45, 7) is 7.07. The van der Waals surface area contributed by atoms with Gasteiger partial charge >= 0.3 is 0 Å². The highest BCUT2D eigenvalue weighted by Crippen LogP contribution is 2.25. The van der Waals surface area contributed by atoms with Crippen molar-refractivity contribution in [1.29, 1.82) is 5.26 Å². The largest absolute Gasteiger partial charge is 0.497 e. The van der Waals surface area contributed by atoms with Crippen molar-refractivity contribution >= 4 is 17.9 Å². The molecule has 0 radical (unpaired) electrons. The predicted molar refractivity (Wildman–Crippen MR) is 129 cm³/mol. The number of piperazine rings is 1. The number of ether oxygens (including phenoxy) is 1. The zero-order valence-corrected chi connectivity index (χ0v) is 20.2. The Kier molecular flexibility index (Phi) is 6.73. The third-order valence-electron chi connectivity index (χ3n) is 6.14. The van der Waals surface area contributed by atoms with Crippen molar-refractivity contribution in [2.75, 3.05) is 33.3 Å². The maximum absolute atomic E-state index is 13.1. The summed E-state index contributed by atoms with van der Waals surface area (Å²) in [5.74, 6) is 0.364. The molecule has 2 amide bonds. The van der Waals surface area contributed by atoms with Gasteiger partial charge in [-0.25, -0.2) is 0 Å². The molecule has 3 aromatic rings. The van der Waals surface area contributed by atoms with Gasteiger partial charge in [-0.1, -0.05) is 5.16 Å². The molecule has 35 heavy (non-hydrogen) atoms. The second-order valence-corrected chi connectivity index (χ2v) is 8.45. The van der Waals surface area contributed by atoms with Crippen molar-refractivity contribution in [3.63, 3.8) is 0 Å². The van der Waals surface area contributed by atoms with Gasteiger partial charge in [0.05, 0.1) is 12.8 Å². The van der Waals surface area contributed by atoms with E-state index in [-0.39, 0.29) is 23.1 Å². The van der Waals surface area contributed by atoms with Gasteiger partial charge in [0.15, 0.2) is 0 Å². The average Bonchev–Trinajstić information content (AvgIpc) is 3.43. The van der Waals surface area contributed by atoms with Gasteiger partial charge in [-0.15, -0.1) is 0 Å². The molecule has 0 aliphatic carbocycles. The van der Waals surface area contributed by atoms with Crippen molar-refractivity contribution in [1.82, 2.24) is 19.5 Å². The molecule has 0 unspecified atom stereocenters. The van der Waals surface area contributed by atoms with Crippen LogP contribution in [-0.2, 0) is 4.79 Å². The normalized spacial score (nSPS) is 14.1. The first-order valence-corrected chi connectivity index (χ1v) is 11.3. The van der Waals surface area contributed by atoms with E-state index in [1.165, 1.54) is 0 Å². The van der Waals surface area contributed by atoms with Crippen LogP contribution in [0.3, 0.4) is 0 Å². The smallest absolute Gasteiger partial charge is 0.292 e. The van der Waals surface area contributed by atoms with E-state index < -0.39 is 0 Å². The topological polar surface area (TPSA) is 105 Å². The minimum atomic E-state index is -0.343. The molecule has 2 aromatic heterocycles. The molecule has 0 spiro atoms. The Morgan fingerprint density at radius 1 is 1.06 bits per heavy atom. The van der Waals surface area contributed by atoms with E-state index in [0.717, 1.165) is 28.4 Å². The van der Waals surface area contributed by atoms with E-state index >= 15 is 0 Å². The number of aryl methyl sites for hydroxylation is 2. The molecule has 9 nitrogen and oxygen atoms in total. The number of carbonyl (C=O) groups is 2. The number of aromatic nitrogens is 2. The van der Waals surface area contributed by atoms with Crippen molar-refractivity contribution < 1.29 is 18.8 Å². The lowest BCUT2D eigenvalue weighted by atomic mass is 10.1. The number of nitrogens with zero attached hydrogens (tertiary/aromatic N) is 5. The Bertz CT molecular complexity index is 1320. The van der Waals surface area contributed by atoms with E-state index in [0.29, 0.717) is 31.9 Å². The first-order chi connectivity index (χ1) is 16.8.